The van der Waals surface area contributed by atoms with Gasteiger partial charge in [-0.1, -0.05) is 0 Å². The highest BCUT2D eigenvalue weighted by atomic mass is 32.2. The molecule has 7 heteroatoms. The van der Waals surface area contributed by atoms with Crippen LogP contribution in [0.1, 0.15) is 27.6 Å². The maximum atomic E-state index is 14.1. The second-order valence-corrected chi connectivity index (χ2v) is 8.56. The van der Waals surface area contributed by atoms with E-state index < -0.39 is 5.82 Å². The Kier molecular flexibility index (Phi) is 6.35. The summed E-state index contributed by atoms with van der Waals surface area (Å²) in [6.07, 6.45) is 0.600. The van der Waals surface area contributed by atoms with Crippen LogP contribution in [0.25, 0.3) is 0 Å². The molecule has 0 spiro atoms. The van der Waals surface area contributed by atoms with Gasteiger partial charge in [0.15, 0.2) is 0 Å². The molecule has 2 aromatic rings. The molecule has 29 heavy (non-hydrogen) atoms. The zero-order valence-corrected chi connectivity index (χ0v) is 17.0. The number of anilines is 1. The van der Waals surface area contributed by atoms with Crippen molar-refractivity contribution in [1.82, 2.24) is 4.90 Å². The molecule has 1 amide bonds. The van der Waals surface area contributed by atoms with E-state index in [1.807, 2.05) is 29.2 Å². The summed E-state index contributed by atoms with van der Waals surface area (Å²) in [7, 11) is 0. The maximum Gasteiger partial charge on any atom is 0.253 e. The summed E-state index contributed by atoms with van der Waals surface area (Å²) in [6, 6.07) is 11.3. The third-order valence-corrected chi connectivity index (χ3v) is 6.73. The topological polar surface area (TPSA) is 32.8 Å². The molecule has 0 N–H and O–H groups in total. The number of nitrogens with zero attached hydrogens (tertiary/aromatic N) is 2. The number of rotatable bonds is 3. The molecule has 0 aromatic heterocycles. The highest BCUT2D eigenvalue weighted by Crippen LogP contribution is 2.36. The van der Waals surface area contributed by atoms with Gasteiger partial charge in [0.2, 0.25) is 0 Å². The number of amides is 1. The Hall–Kier alpha value is -2.12. The molecular formula is C22H24F2N2O2S. The molecule has 2 fully saturated rings. The first-order valence-corrected chi connectivity index (χ1v) is 11.0. The van der Waals surface area contributed by atoms with E-state index in [1.54, 1.807) is 11.8 Å². The largest absolute Gasteiger partial charge is 0.378 e. The minimum absolute atomic E-state index is 0.0144. The second kappa shape index (κ2) is 9.13. The average molecular weight is 419 g/mol. The number of morpholine rings is 1. The lowest BCUT2D eigenvalue weighted by Crippen LogP contribution is -2.36. The molecular weight excluding hydrogens is 394 g/mol. The van der Waals surface area contributed by atoms with E-state index in [9.17, 15) is 13.6 Å². The van der Waals surface area contributed by atoms with Crippen molar-refractivity contribution < 1.29 is 18.3 Å². The minimum Gasteiger partial charge on any atom is -0.378 e. The van der Waals surface area contributed by atoms with E-state index in [4.69, 9.17) is 4.74 Å². The molecule has 2 aliphatic heterocycles. The summed E-state index contributed by atoms with van der Waals surface area (Å²) >= 11 is 1.58. The van der Waals surface area contributed by atoms with Gasteiger partial charge in [0.25, 0.3) is 5.91 Å². The lowest BCUT2D eigenvalue weighted by Gasteiger charge is -2.29. The van der Waals surface area contributed by atoms with E-state index in [0.717, 1.165) is 38.1 Å². The van der Waals surface area contributed by atoms with Crippen molar-refractivity contribution in [3.8, 4) is 0 Å². The fourth-order valence-electron chi connectivity index (χ4n) is 3.80. The standard InChI is InChI=1S/C22H24F2N2O2S/c23-17-3-6-20(24)19(15-17)21-7-8-26(11-14-29-21)22(27)16-1-4-18(5-2-16)25-9-12-28-13-10-25/h1-6,15,21H,7-14H2. The summed E-state index contributed by atoms with van der Waals surface area (Å²) < 4.78 is 33.1. The first-order chi connectivity index (χ1) is 14.1. The van der Waals surface area contributed by atoms with Gasteiger partial charge in [-0.05, 0) is 48.9 Å². The molecule has 2 aliphatic rings. The third kappa shape index (κ3) is 4.73. The van der Waals surface area contributed by atoms with E-state index in [1.165, 1.54) is 12.1 Å². The summed E-state index contributed by atoms with van der Waals surface area (Å²) in [6.45, 7) is 4.28. The summed E-state index contributed by atoms with van der Waals surface area (Å²) in [5.41, 5.74) is 2.14. The monoisotopic (exact) mass is 418 g/mol. The molecule has 0 radical (unpaired) electrons. The number of ether oxygens (including phenoxy) is 1. The molecule has 2 saturated heterocycles. The average Bonchev–Trinajstić information content (AvgIpc) is 3.02. The summed E-state index contributed by atoms with van der Waals surface area (Å²) in [5, 5.41) is -0.146. The van der Waals surface area contributed by atoms with E-state index in [0.29, 0.717) is 36.4 Å². The Morgan fingerprint density at radius 3 is 2.52 bits per heavy atom. The predicted octanol–water partition coefficient (Wildman–Crippen LogP) is 4.12. The molecule has 2 aromatic carbocycles. The van der Waals surface area contributed by atoms with Crippen LogP contribution >= 0.6 is 11.8 Å². The Balaban J connectivity index is 1.41. The van der Waals surface area contributed by atoms with E-state index in [-0.39, 0.29) is 17.0 Å². The smallest absolute Gasteiger partial charge is 0.253 e. The number of thioether (sulfide) groups is 1. The molecule has 4 nitrogen and oxygen atoms in total. The van der Waals surface area contributed by atoms with Crippen molar-refractivity contribution in [2.24, 2.45) is 0 Å². The third-order valence-electron chi connectivity index (χ3n) is 5.42. The van der Waals surface area contributed by atoms with Gasteiger partial charge in [0, 0.05) is 54.0 Å². The maximum absolute atomic E-state index is 14.1. The fourth-order valence-corrected chi connectivity index (χ4v) is 5.04. The van der Waals surface area contributed by atoms with Crippen LogP contribution in [-0.2, 0) is 4.74 Å². The predicted molar refractivity (Wildman–Crippen MR) is 112 cm³/mol. The molecule has 0 saturated carbocycles. The lowest BCUT2D eigenvalue weighted by molar-refractivity contribution is 0.0766. The second-order valence-electron chi connectivity index (χ2n) is 7.25. The highest BCUT2D eigenvalue weighted by molar-refractivity contribution is 7.99. The first-order valence-electron chi connectivity index (χ1n) is 9.90. The van der Waals surface area contributed by atoms with E-state index >= 15 is 0 Å². The van der Waals surface area contributed by atoms with Crippen molar-refractivity contribution in [2.45, 2.75) is 11.7 Å². The Morgan fingerprint density at radius 2 is 1.76 bits per heavy atom. The van der Waals surface area contributed by atoms with Crippen molar-refractivity contribution in [2.75, 3.05) is 50.0 Å². The van der Waals surface area contributed by atoms with Crippen LogP contribution in [0.5, 0.6) is 0 Å². The molecule has 1 atom stereocenters. The fraction of sp³-hybridized carbons (Fsp3) is 0.409. The van der Waals surface area contributed by atoms with Crippen molar-refractivity contribution in [1.29, 1.82) is 0 Å². The Bertz CT molecular complexity index is 856. The minimum atomic E-state index is -0.431. The first kappa shape index (κ1) is 20.2. The number of benzene rings is 2. The van der Waals surface area contributed by atoms with Gasteiger partial charge >= 0.3 is 0 Å². The molecule has 0 bridgehead atoms. The number of carbonyl (C=O) groups excluding carboxylic acids is 1. The van der Waals surface area contributed by atoms with Gasteiger partial charge in [-0.15, -0.1) is 0 Å². The molecule has 4 rings (SSSR count). The molecule has 1 unspecified atom stereocenters. The van der Waals surface area contributed by atoms with Gasteiger partial charge in [-0.3, -0.25) is 4.79 Å². The number of hydrogen-bond acceptors (Lipinski definition) is 4. The molecule has 0 aliphatic carbocycles. The normalized spacial score (nSPS) is 20.4. The summed E-state index contributed by atoms with van der Waals surface area (Å²) in [5.74, 6) is -0.139. The van der Waals surface area contributed by atoms with Crippen LogP contribution in [0, 0.1) is 11.6 Å². The van der Waals surface area contributed by atoms with Gasteiger partial charge in [0.05, 0.1) is 13.2 Å². The van der Waals surface area contributed by atoms with Crippen LogP contribution in [-0.4, -0.2) is 56.0 Å². The SMILES string of the molecule is O=C(c1ccc(N2CCOCC2)cc1)N1CCSC(c2cc(F)ccc2F)CC1. The van der Waals surface area contributed by atoms with Crippen molar-refractivity contribution in [3.63, 3.8) is 0 Å². The Morgan fingerprint density at radius 1 is 1.00 bits per heavy atom. The lowest BCUT2D eigenvalue weighted by atomic mass is 10.1. The number of halogens is 2. The van der Waals surface area contributed by atoms with Crippen LogP contribution in [0.4, 0.5) is 14.5 Å². The van der Waals surface area contributed by atoms with Crippen LogP contribution in [0.15, 0.2) is 42.5 Å². The zero-order chi connectivity index (χ0) is 20.2. The zero-order valence-electron chi connectivity index (χ0n) is 16.2. The molecule has 2 heterocycles. The number of carbonyl (C=O) groups is 1. The summed E-state index contributed by atoms with van der Waals surface area (Å²) in [4.78, 5) is 17.0. The highest BCUT2D eigenvalue weighted by Gasteiger charge is 2.25. The van der Waals surface area contributed by atoms with Gasteiger partial charge < -0.3 is 14.5 Å². The van der Waals surface area contributed by atoms with Crippen molar-refractivity contribution in [3.05, 3.63) is 65.2 Å². The Labute approximate surface area is 173 Å². The van der Waals surface area contributed by atoms with Gasteiger partial charge in [-0.25, -0.2) is 8.78 Å². The molecule has 154 valence electrons. The van der Waals surface area contributed by atoms with Crippen molar-refractivity contribution >= 4 is 23.4 Å². The van der Waals surface area contributed by atoms with Crippen LogP contribution < -0.4 is 4.90 Å². The van der Waals surface area contributed by atoms with E-state index in [2.05, 4.69) is 4.90 Å². The van der Waals surface area contributed by atoms with Gasteiger partial charge in [0.1, 0.15) is 11.6 Å². The van der Waals surface area contributed by atoms with Gasteiger partial charge in [-0.2, -0.15) is 11.8 Å². The quantitative estimate of drug-likeness (QED) is 0.751. The number of hydrogen-bond donors (Lipinski definition) is 0. The van der Waals surface area contributed by atoms with Crippen LogP contribution in [0.2, 0.25) is 0 Å². The van der Waals surface area contributed by atoms with Crippen LogP contribution in [0.3, 0.4) is 0 Å².